The third kappa shape index (κ3) is 2.81. The largest absolute Gasteiger partial charge is 0.469 e. The molecule has 0 aliphatic heterocycles. The first kappa shape index (κ1) is 14.2. The Kier molecular flexibility index (Phi) is 5.01. The average molecular weight is 214 g/mol. The van der Waals surface area contributed by atoms with Gasteiger partial charge in [-0.2, -0.15) is 0 Å². The highest BCUT2D eigenvalue weighted by atomic mass is 16.5. The van der Waals surface area contributed by atoms with Gasteiger partial charge in [0, 0.05) is 0 Å². The van der Waals surface area contributed by atoms with Crippen molar-refractivity contribution < 1.29 is 14.6 Å². The summed E-state index contributed by atoms with van der Waals surface area (Å²) >= 11 is 0. The van der Waals surface area contributed by atoms with Gasteiger partial charge in [-0.25, -0.2) is 0 Å². The quantitative estimate of drug-likeness (QED) is 0.562. The van der Waals surface area contributed by atoms with E-state index in [2.05, 4.69) is 6.58 Å². The van der Waals surface area contributed by atoms with Crippen molar-refractivity contribution in [1.82, 2.24) is 0 Å². The van der Waals surface area contributed by atoms with Crippen molar-refractivity contribution in [2.45, 2.75) is 33.3 Å². The Labute approximate surface area is 92.1 Å². The van der Waals surface area contributed by atoms with Gasteiger partial charge in [0.05, 0.1) is 18.6 Å². The summed E-state index contributed by atoms with van der Waals surface area (Å²) in [6.07, 6.45) is 1.44. The smallest absolute Gasteiger partial charge is 0.312 e. The Balaban J connectivity index is 5.20. The molecule has 0 amide bonds. The number of rotatable bonds is 5. The van der Waals surface area contributed by atoms with Crippen molar-refractivity contribution in [2.75, 3.05) is 7.11 Å². The van der Waals surface area contributed by atoms with E-state index in [0.29, 0.717) is 0 Å². The lowest BCUT2D eigenvalue weighted by Gasteiger charge is -2.37. The number of hydrogen-bond donors (Lipinski definition) is 1. The fraction of sp³-hybridized carbons (Fsp3) is 0.750. The number of aliphatic hydroxyl groups is 1. The first-order chi connectivity index (χ1) is 6.81. The molecule has 15 heavy (non-hydrogen) atoms. The molecule has 2 unspecified atom stereocenters. The molecule has 3 heteroatoms. The molecule has 0 fully saturated rings. The Hall–Kier alpha value is -0.830. The van der Waals surface area contributed by atoms with Crippen molar-refractivity contribution >= 4 is 5.97 Å². The Morgan fingerprint density at radius 2 is 1.87 bits per heavy atom. The van der Waals surface area contributed by atoms with Crippen LogP contribution < -0.4 is 0 Å². The molecule has 1 N–H and O–H groups in total. The van der Waals surface area contributed by atoms with Gasteiger partial charge < -0.3 is 9.84 Å². The minimum Gasteiger partial charge on any atom is -0.469 e. The second-order valence-electron chi connectivity index (χ2n) is 4.49. The molecule has 0 heterocycles. The van der Waals surface area contributed by atoms with E-state index in [-0.39, 0.29) is 17.8 Å². The van der Waals surface area contributed by atoms with Crippen LogP contribution in [0.5, 0.6) is 0 Å². The number of ether oxygens (including phenoxy) is 1. The zero-order valence-corrected chi connectivity index (χ0v) is 10.3. The summed E-state index contributed by atoms with van der Waals surface area (Å²) in [5.74, 6) is -1.04. The Morgan fingerprint density at radius 1 is 1.40 bits per heavy atom. The first-order valence-corrected chi connectivity index (χ1v) is 5.25. The molecule has 0 spiro atoms. The molecule has 0 aromatic rings. The maximum absolute atomic E-state index is 11.6. The molecular formula is C12H22O3. The zero-order valence-electron chi connectivity index (χ0n) is 10.3. The summed E-state index contributed by atoms with van der Waals surface area (Å²) in [7, 11) is 1.33. The summed E-state index contributed by atoms with van der Waals surface area (Å²) in [4.78, 5) is 11.6. The molecule has 88 valence electrons. The minimum absolute atomic E-state index is 0.00264. The molecule has 0 aliphatic carbocycles. The standard InChI is InChI=1S/C12H22O3/c1-7-12(14,9(4)5)10(8(2)3)11(13)15-6/h7-10,14H,1H2,2-6H3. The monoisotopic (exact) mass is 214 g/mol. The third-order valence-corrected chi connectivity index (χ3v) is 2.87. The van der Waals surface area contributed by atoms with Crippen LogP contribution in [0.4, 0.5) is 0 Å². The molecule has 0 radical (unpaired) electrons. The van der Waals surface area contributed by atoms with Crippen molar-refractivity contribution in [2.24, 2.45) is 17.8 Å². The van der Waals surface area contributed by atoms with Crippen molar-refractivity contribution in [3.8, 4) is 0 Å². The molecular weight excluding hydrogens is 192 g/mol. The zero-order chi connectivity index (χ0) is 12.2. The van der Waals surface area contributed by atoms with E-state index in [1.165, 1.54) is 13.2 Å². The van der Waals surface area contributed by atoms with Crippen molar-refractivity contribution in [1.29, 1.82) is 0 Å². The van der Waals surface area contributed by atoms with Gasteiger partial charge in [-0.15, -0.1) is 6.58 Å². The normalized spacial score (nSPS) is 17.3. The second kappa shape index (κ2) is 5.31. The maximum Gasteiger partial charge on any atom is 0.312 e. The van der Waals surface area contributed by atoms with Gasteiger partial charge in [0.25, 0.3) is 0 Å². The molecule has 0 aromatic heterocycles. The van der Waals surface area contributed by atoms with E-state index in [9.17, 15) is 9.90 Å². The topological polar surface area (TPSA) is 46.5 Å². The van der Waals surface area contributed by atoms with E-state index in [1.807, 2.05) is 27.7 Å². The summed E-state index contributed by atoms with van der Waals surface area (Å²) in [6.45, 7) is 11.1. The summed E-state index contributed by atoms with van der Waals surface area (Å²) in [5.41, 5.74) is -1.21. The highest BCUT2D eigenvalue weighted by Gasteiger charge is 2.44. The van der Waals surface area contributed by atoms with Crippen LogP contribution in [0.1, 0.15) is 27.7 Å². The Bertz CT molecular complexity index is 233. The maximum atomic E-state index is 11.6. The van der Waals surface area contributed by atoms with Crippen LogP contribution in [0.3, 0.4) is 0 Å². The highest BCUT2D eigenvalue weighted by molar-refractivity contribution is 5.74. The van der Waals surface area contributed by atoms with Gasteiger partial charge in [-0.05, 0) is 11.8 Å². The second-order valence-corrected chi connectivity index (χ2v) is 4.49. The van der Waals surface area contributed by atoms with E-state index in [4.69, 9.17) is 4.74 Å². The summed E-state index contributed by atoms with van der Waals surface area (Å²) in [5, 5.41) is 10.4. The van der Waals surface area contributed by atoms with Crippen LogP contribution in [0, 0.1) is 17.8 Å². The number of carbonyl (C=O) groups excluding carboxylic acids is 1. The van der Waals surface area contributed by atoms with E-state index in [1.54, 1.807) is 0 Å². The van der Waals surface area contributed by atoms with Gasteiger partial charge in [-0.1, -0.05) is 33.8 Å². The van der Waals surface area contributed by atoms with Crippen LogP contribution in [-0.4, -0.2) is 23.8 Å². The van der Waals surface area contributed by atoms with Crippen molar-refractivity contribution in [3.63, 3.8) is 0 Å². The fourth-order valence-corrected chi connectivity index (χ4v) is 1.84. The van der Waals surface area contributed by atoms with Crippen LogP contribution >= 0.6 is 0 Å². The van der Waals surface area contributed by atoms with Crippen LogP contribution in [-0.2, 0) is 9.53 Å². The van der Waals surface area contributed by atoms with Crippen LogP contribution in [0.15, 0.2) is 12.7 Å². The fourth-order valence-electron chi connectivity index (χ4n) is 1.84. The average Bonchev–Trinajstić information content (AvgIpc) is 2.16. The molecule has 0 saturated heterocycles. The van der Waals surface area contributed by atoms with E-state index >= 15 is 0 Å². The number of esters is 1. The third-order valence-electron chi connectivity index (χ3n) is 2.87. The van der Waals surface area contributed by atoms with Gasteiger partial charge in [0.1, 0.15) is 0 Å². The predicted octanol–water partition coefficient (Wildman–Crippen LogP) is 2.00. The number of hydrogen-bond acceptors (Lipinski definition) is 3. The summed E-state index contributed by atoms with van der Waals surface area (Å²) in [6, 6.07) is 0. The molecule has 0 rings (SSSR count). The molecule has 0 aliphatic rings. The highest BCUT2D eigenvalue weighted by Crippen LogP contribution is 2.33. The number of carbonyl (C=O) groups is 1. The van der Waals surface area contributed by atoms with Crippen molar-refractivity contribution in [3.05, 3.63) is 12.7 Å². The lowest BCUT2D eigenvalue weighted by molar-refractivity contribution is -0.158. The van der Waals surface area contributed by atoms with E-state index in [0.717, 1.165) is 0 Å². The lowest BCUT2D eigenvalue weighted by Crippen LogP contribution is -2.48. The van der Waals surface area contributed by atoms with Gasteiger partial charge in [-0.3, -0.25) is 4.79 Å². The van der Waals surface area contributed by atoms with Gasteiger partial charge in [0.15, 0.2) is 0 Å². The molecule has 0 bridgehead atoms. The lowest BCUT2D eigenvalue weighted by atomic mass is 9.73. The molecule has 3 nitrogen and oxygen atoms in total. The SMILES string of the molecule is C=CC(O)(C(C)C)C(C(=O)OC)C(C)C. The number of methoxy groups -OCH3 is 1. The van der Waals surface area contributed by atoms with Gasteiger partial charge >= 0.3 is 5.97 Å². The molecule has 2 atom stereocenters. The predicted molar refractivity (Wildman–Crippen MR) is 60.3 cm³/mol. The molecule has 0 aromatic carbocycles. The molecule has 0 saturated carbocycles. The van der Waals surface area contributed by atoms with Crippen LogP contribution in [0.2, 0.25) is 0 Å². The first-order valence-electron chi connectivity index (χ1n) is 5.25. The minimum atomic E-state index is -1.21. The summed E-state index contributed by atoms with van der Waals surface area (Å²) < 4.78 is 4.73. The van der Waals surface area contributed by atoms with Crippen LogP contribution in [0.25, 0.3) is 0 Å². The Morgan fingerprint density at radius 3 is 2.07 bits per heavy atom. The van der Waals surface area contributed by atoms with E-state index < -0.39 is 11.5 Å². The van der Waals surface area contributed by atoms with Gasteiger partial charge in [0.2, 0.25) is 0 Å².